The van der Waals surface area contributed by atoms with Crippen LogP contribution in [0.25, 0.3) is 0 Å². The Kier molecular flexibility index (Phi) is 3.96. The van der Waals surface area contributed by atoms with Crippen molar-refractivity contribution in [2.24, 2.45) is 0 Å². The lowest BCUT2D eigenvalue weighted by molar-refractivity contribution is 0.757. The monoisotopic (exact) mass is 199 g/mol. The Balaban J connectivity index is 2.49. The van der Waals surface area contributed by atoms with Gasteiger partial charge in [0.25, 0.3) is 0 Å². The Labute approximate surface area is 83.5 Å². The number of alkyl halides is 1. The van der Waals surface area contributed by atoms with Gasteiger partial charge >= 0.3 is 0 Å². The van der Waals surface area contributed by atoms with Gasteiger partial charge in [0.1, 0.15) is 0 Å². The summed E-state index contributed by atoms with van der Waals surface area (Å²) in [6.45, 7) is 4.03. The van der Waals surface area contributed by atoms with E-state index in [2.05, 4.69) is 22.2 Å². The molecule has 0 saturated carbocycles. The Hall–Kier alpha value is -0.830. The van der Waals surface area contributed by atoms with Crippen molar-refractivity contribution in [3.05, 3.63) is 18.0 Å². The lowest BCUT2D eigenvalue weighted by Gasteiger charge is -2.11. The largest absolute Gasteiger partial charge is 0.352 e. The average molecular weight is 200 g/mol. The van der Waals surface area contributed by atoms with Gasteiger partial charge in [-0.1, -0.05) is 0 Å². The number of aromatic nitrogens is 2. The van der Waals surface area contributed by atoms with Gasteiger partial charge < -0.3 is 5.32 Å². The molecule has 0 bridgehead atoms. The van der Waals surface area contributed by atoms with Gasteiger partial charge in [-0.15, -0.1) is 11.6 Å². The summed E-state index contributed by atoms with van der Waals surface area (Å²) in [5.41, 5.74) is 1.07. The van der Waals surface area contributed by atoms with Crippen LogP contribution in [0.4, 0.5) is 5.95 Å². The van der Waals surface area contributed by atoms with E-state index >= 15 is 0 Å². The van der Waals surface area contributed by atoms with Crippen molar-refractivity contribution in [1.82, 2.24) is 9.97 Å². The molecule has 72 valence electrons. The fourth-order valence-electron chi connectivity index (χ4n) is 0.923. The van der Waals surface area contributed by atoms with Gasteiger partial charge in [-0.3, -0.25) is 0 Å². The molecule has 1 atom stereocenters. The third-order valence-electron chi connectivity index (χ3n) is 1.70. The van der Waals surface area contributed by atoms with Crippen molar-refractivity contribution in [2.45, 2.75) is 26.3 Å². The van der Waals surface area contributed by atoms with Crippen molar-refractivity contribution in [2.75, 3.05) is 11.2 Å². The predicted molar refractivity (Wildman–Crippen MR) is 55.2 cm³/mol. The minimum atomic E-state index is 0.320. The molecule has 0 aliphatic carbocycles. The van der Waals surface area contributed by atoms with Crippen LogP contribution in [-0.2, 0) is 0 Å². The summed E-state index contributed by atoms with van der Waals surface area (Å²) in [4.78, 5) is 8.27. The van der Waals surface area contributed by atoms with Crippen LogP contribution in [0.5, 0.6) is 0 Å². The van der Waals surface area contributed by atoms with Gasteiger partial charge in [0, 0.05) is 24.3 Å². The molecule has 0 fully saturated rings. The zero-order valence-corrected chi connectivity index (χ0v) is 8.67. The molecule has 0 saturated heterocycles. The van der Waals surface area contributed by atoms with Gasteiger partial charge in [-0.25, -0.2) is 9.97 Å². The quantitative estimate of drug-likeness (QED) is 0.756. The lowest BCUT2D eigenvalue weighted by Crippen LogP contribution is -2.17. The Bertz CT molecular complexity index is 248. The third kappa shape index (κ3) is 3.59. The molecule has 4 heteroatoms. The predicted octanol–water partition coefficient (Wildman–Crippen LogP) is 2.21. The summed E-state index contributed by atoms with van der Waals surface area (Å²) in [7, 11) is 0. The minimum Gasteiger partial charge on any atom is -0.352 e. The zero-order chi connectivity index (χ0) is 9.68. The van der Waals surface area contributed by atoms with E-state index in [0.717, 1.165) is 12.0 Å². The lowest BCUT2D eigenvalue weighted by atomic mass is 10.3. The summed E-state index contributed by atoms with van der Waals surface area (Å²) in [6, 6.07) is 0.320. The number of hydrogen-bond donors (Lipinski definition) is 1. The molecular weight excluding hydrogens is 186 g/mol. The van der Waals surface area contributed by atoms with E-state index in [1.54, 1.807) is 12.4 Å². The first kappa shape index (κ1) is 10.3. The molecule has 1 unspecified atom stereocenters. The Morgan fingerprint density at radius 3 is 2.62 bits per heavy atom. The summed E-state index contributed by atoms with van der Waals surface area (Å²) in [6.07, 6.45) is 4.50. The molecule has 3 nitrogen and oxygen atoms in total. The van der Waals surface area contributed by atoms with E-state index in [-0.39, 0.29) is 0 Å². The summed E-state index contributed by atoms with van der Waals surface area (Å²) in [5, 5.41) is 3.16. The van der Waals surface area contributed by atoms with Crippen molar-refractivity contribution in [3.8, 4) is 0 Å². The number of nitrogens with one attached hydrogen (secondary N) is 1. The standard InChI is InChI=1S/C9H14ClN3/c1-7-5-11-9(12-6-7)13-8(2)3-4-10/h5-6,8H,3-4H2,1-2H3,(H,11,12,13). The molecule has 1 N–H and O–H groups in total. The van der Waals surface area contributed by atoms with Gasteiger partial charge in [0.2, 0.25) is 5.95 Å². The number of rotatable bonds is 4. The van der Waals surface area contributed by atoms with Crippen LogP contribution >= 0.6 is 11.6 Å². The molecule has 0 aliphatic heterocycles. The van der Waals surface area contributed by atoms with E-state index in [1.165, 1.54) is 0 Å². The second kappa shape index (κ2) is 5.02. The fraction of sp³-hybridized carbons (Fsp3) is 0.556. The number of anilines is 1. The highest BCUT2D eigenvalue weighted by atomic mass is 35.5. The molecule has 0 aromatic carbocycles. The van der Waals surface area contributed by atoms with Crippen LogP contribution in [0.1, 0.15) is 18.9 Å². The highest BCUT2D eigenvalue weighted by Gasteiger charge is 2.01. The SMILES string of the molecule is Cc1cnc(NC(C)CCCl)nc1. The molecule has 0 amide bonds. The summed E-state index contributed by atoms with van der Waals surface area (Å²) < 4.78 is 0. The van der Waals surface area contributed by atoms with E-state index in [4.69, 9.17) is 11.6 Å². The fourth-order valence-corrected chi connectivity index (χ4v) is 1.25. The maximum absolute atomic E-state index is 5.61. The van der Waals surface area contributed by atoms with Crippen molar-refractivity contribution >= 4 is 17.5 Å². The first-order valence-corrected chi connectivity index (χ1v) is 4.87. The summed E-state index contributed by atoms with van der Waals surface area (Å²) in [5.74, 6) is 1.32. The van der Waals surface area contributed by atoms with Crippen LogP contribution in [0.15, 0.2) is 12.4 Å². The third-order valence-corrected chi connectivity index (χ3v) is 1.92. The van der Waals surface area contributed by atoms with Crippen LogP contribution in [0.3, 0.4) is 0 Å². The highest BCUT2D eigenvalue weighted by molar-refractivity contribution is 6.17. The topological polar surface area (TPSA) is 37.8 Å². The zero-order valence-electron chi connectivity index (χ0n) is 7.92. The molecule has 0 radical (unpaired) electrons. The maximum Gasteiger partial charge on any atom is 0.222 e. The Morgan fingerprint density at radius 2 is 2.08 bits per heavy atom. The van der Waals surface area contributed by atoms with Crippen LogP contribution in [-0.4, -0.2) is 21.9 Å². The molecule has 1 aromatic rings. The van der Waals surface area contributed by atoms with Crippen LogP contribution < -0.4 is 5.32 Å². The molecule has 1 heterocycles. The molecule has 0 spiro atoms. The van der Waals surface area contributed by atoms with E-state index in [9.17, 15) is 0 Å². The van der Waals surface area contributed by atoms with Gasteiger partial charge in [0.05, 0.1) is 0 Å². The molecule has 1 rings (SSSR count). The van der Waals surface area contributed by atoms with E-state index in [0.29, 0.717) is 17.9 Å². The van der Waals surface area contributed by atoms with E-state index in [1.807, 2.05) is 6.92 Å². The van der Waals surface area contributed by atoms with Gasteiger partial charge in [-0.05, 0) is 25.8 Å². The first-order valence-electron chi connectivity index (χ1n) is 4.33. The van der Waals surface area contributed by atoms with Crippen molar-refractivity contribution in [1.29, 1.82) is 0 Å². The molecular formula is C9H14ClN3. The van der Waals surface area contributed by atoms with E-state index < -0.39 is 0 Å². The normalized spacial score (nSPS) is 12.5. The van der Waals surface area contributed by atoms with Crippen molar-refractivity contribution < 1.29 is 0 Å². The summed E-state index contributed by atoms with van der Waals surface area (Å²) >= 11 is 5.61. The first-order chi connectivity index (χ1) is 6.22. The molecule has 0 aliphatic rings. The van der Waals surface area contributed by atoms with Crippen LogP contribution in [0.2, 0.25) is 0 Å². The minimum absolute atomic E-state index is 0.320. The Morgan fingerprint density at radius 1 is 1.46 bits per heavy atom. The molecule has 1 aromatic heterocycles. The number of nitrogens with zero attached hydrogens (tertiary/aromatic N) is 2. The second-order valence-electron chi connectivity index (χ2n) is 3.11. The van der Waals surface area contributed by atoms with Gasteiger partial charge in [-0.2, -0.15) is 0 Å². The number of aryl methyl sites for hydroxylation is 1. The average Bonchev–Trinajstić information content (AvgIpc) is 2.09. The smallest absolute Gasteiger partial charge is 0.222 e. The number of halogens is 1. The second-order valence-corrected chi connectivity index (χ2v) is 3.49. The van der Waals surface area contributed by atoms with Gasteiger partial charge in [0.15, 0.2) is 0 Å². The number of hydrogen-bond acceptors (Lipinski definition) is 3. The van der Waals surface area contributed by atoms with Crippen molar-refractivity contribution in [3.63, 3.8) is 0 Å². The maximum atomic E-state index is 5.61. The molecule has 13 heavy (non-hydrogen) atoms. The highest BCUT2D eigenvalue weighted by Crippen LogP contribution is 2.03. The van der Waals surface area contributed by atoms with Crippen LogP contribution in [0, 0.1) is 6.92 Å².